The molecular formula is C26H43N3O3. The number of aromatic nitrogens is 3. The van der Waals surface area contributed by atoms with Gasteiger partial charge in [-0.2, -0.15) is 4.80 Å². The van der Waals surface area contributed by atoms with Crippen molar-refractivity contribution < 1.29 is 14.6 Å². The fourth-order valence-corrected chi connectivity index (χ4v) is 9.04. The first kappa shape index (κ1) is 22.6. The number of H-pyrrole nitrogens is 1. The van der Waals surface area contributed by atoms with Gasteiger partial charge in [-0.1, -0.05) is 6.92 Å². The number of hydrogen-bond acceptors (Lipinski definition) is 4. The number of carbonyl (C=O) groups is 1. The summed E-state index contributed by atoms with van der Waals surface area (Å²) in [7, 11) is 0. The largest absolute Gasteiger partial charge is 0.390 e. The summed E-state index contributed by atoms with van der Waals surface area (Å²) in [6, 6.07) is 0. The first-order valence-corrected chi connectivity index (χ1v) is 13.1. The maximum Gasteiger partial charge on any atom is 0.159 e. The Bertz CT molecular complexity index is 832. The number of hydrogen-bond donors (Lipinski definition) is 2. The van der Waals surface area contributed by atoms with Crippen LogP contribution in [0.1, 0.15) is 84.4 Å². The highest BCUT2D eigenvalue weighted by Crippen LogP contribution is 2.68. The number of aryl methyl sites for hydroxylation is 1. The minimum absolute atomic E-state index is 0.127. The van der Waals surface area contributed by atoms with Crippen LogP contribution in [0.15, 0.2) is 0 Å². The molecule has 0 aliphatic heterocycles. The molecule has 2 N–H and O–H groups in total. The fourth-order valence-electron chi connectivity index (χ4n) is 9.04. The van der Waals surface area contributed by atoms with Gasteiger partial charge in [0.2, 0.25) is 0 Å². The molecule has 6 nitrogen and oxygen atoms in total. The first-order valence-electron chi connectivity index (χ1n) is 13.1. The Morgan fingerprint density at radius 2 is 1.94 bits per heavy atom. The molecule has 8 atom stereocenters. The lowest BCUT2D eigenvalue weighted by Gasteiger charge is -2.62. The van der Waals surface area contributed by atoms with E-state index >= 15 is 0 Å². The summed E-state index contributed by atoms with van der Waals surface area (Å²) in [6.07, 6.45) is 9.98. The molecule has 0 saturated heterocycles. The molecule has 5 rings (SSSR count). The summed E-state index contributed by atoms with van der Waals surface area (Å²) in [6.45, 7) is 10.5. The predicted molar refractivity (Wildman–Crippen MR) is 123 cm³/mol. The second-order valence-electron chi connectivity index (χ2n) is 12.2. The van der Waals surface area contributed by atoms with Crippen LogP contribution in [0.4, 0.5) is 0 Å². The molecule has 1 aromatic rings. The number of Topliss-reactive ketones (excluding diaryl/α,β-unsaturated/α-hetero) is 1. The van der Waals surface area contributed by atoms with Crippen LogP contribution in [0.25, 0.3) is 0 Å². The molecule has 1 heterocycles. The highest BCUT2D eigenvalue weighted by atomic mass is 16.5. The van der Waals surface area contributed by atoms with Gasteiger partial charge >= 0.3 is 0 Å². The SMILES string of the molecule is CCOC[C@]12CC[C@@](C)(O)C[C@@H]1CC[C@H]1[C@@H]3CC[C@H](C(=O)Cn4nc(C)[nH]4)[C@@]3(C)CC[C@@H]12. The van der Waals surface area contributed by atoms with Gasteiger partial charge in [-0.3, -0.25) is 9.89 Å². The standard InChI is InChI=1S/C26H43N3O3/c1-5-32-16-26-13-12-24(3,31)14-18(26)6-7-19-20-8-9-22(25(20,4)11-10-21(19)26)23(30)15-29-27-17(2)28-29/h18-22,31H,5-16H2,1-4H3,(H,27,28)/t18-,19-,20-,21-,22+,24+,25-,26+/m0/s1. The van der Waals surface area contributed by atoms with Gasteiger partial charge in [0.15, 0.2) is 5.78 Å². The molecule has 180 valence electrons. The Balaban J connectivity index is 1.37. The topological polar surface area (TPSA) is 80.1 Å². The van der Waals surface area contributed by atoms with Crippen LogP contribution in [0.2, 0.25) is 0 Å². The number of ether oxygens (including phenoxy) is 1. The monoisotopic (exact) mass is 445 g/mol. The molecule has 6 heteroatoms. The van der Waals surface area contributed by atoms with Crippen molar-refractivity contribution in [3.05, 3.63) is 5.82 Å². The van der Waals surface area contributed by atoms with Crippen molar-refractivity contribution in [2.24, 2.45) is 40.4 Å². The molecule has 0 radical (unpaired) electrons. The number of aliphatic hydroxyl groups is 1. The molecule has 4 aliphatic rings. The van der Waals surface area contributed by atoms with Crippen LogP contribution in [-0.4, -0.2) is 44.7 Å². The van der Waals surface area contributed by atoms with Crippen LogP contribution in [0, 0.1) is 47.3 Å². The number of nitrogens with one attached hydrogen (secondary N) is 1. The zero-order valence-corrected chi connectivity index (χ0v) is 20.5. The summed E-state index contributed by atoms with van der Waals surface area (Å²) in [5.41, 5.74) is -0.174. The summed E-state index contributed by atoms with van der Waals surface area (Å²) in [5, 5.41) is 18.3. The van der Waals surface area contributed by atoms with E-state index in [-0.39, 0.29) is 16.7 Å². The van der Waals surface area contributed by atoms with E-state index in [0.717, 1.165) is 51.1 Å². The Morgan fingerprint density at radius 3 is 2.66 bits per heavy atom. The van der Waals surface area contributed by atoms with Crippen molar-refractivity contribution in [2.45, 2.75) is 97.6 Å². The van der Waals surface area contributed by atoms with Crippen LogP contribution in [-0.2, 0) is 16.1 Å². The van der Waals surface area contributed by atoms with E-state index < -0.39 is 5.60 Å². The molecule has 0 amide bonds. The number of nitrogens with zero attached hydrogens (tertiary/aromatic N) is 2. The van der Waals surface area contributed by atoms with E-state index in [9.17, 15) is 9.90 Å². The molecule has 0 unspecified atom stereocenters. The zero-order chi connectivity index (χ0) is 22.7. The van der Waals surface area contributed by atoms with E-state index in [0.29, 0.717) is 36.0 Å². The number of rotatable bonds is 6. The van der Waals surface area contributed by atoms with E-state index in [2.05, 4.69) is 24.0 Å². The van der Waals surface area contributed by atoms with Gasteiger partial charge < -0.3 is 9.84 Å². The van der Waals surface area contributed by atoms with Gasteiger partial charge in [0, 0.05) is 12.5 Å². The van der Waals surface area contributed by atoms with Crippen molar-refractivity contribution in [3.8, 4) is 0 Å². The van der Waals surface area contributed by atoms with E-state index in [4.69, 9.17) is 4.74 Å². The van der Waals surface area contributed by atoms with E-state index in [1.165, 1.54) is 25.7 Å². The predicted octanol–water partition coefficient (Wildman–Crippen LogP) is 4.52. The van der Waals surface area contributed by atoms with Crippen molar-refractivity contribution >= 4 is 5.78 Å². The lowest BCUT2D eigenvalue weighted by molar-refractivity contribution is -0.178. The molecule has 32 heavy (non-hydrogen) atoms. The third kappa shape index (κ3) is 3.51. The number of aromatic amines is 1. The zero-order valence-electron chi connectivity index (χ0n) is 20.5. The van der Waals surface area contributed by atoms with Crippen LogP contribution in [0.5, 0.6) is 0 Å². The smallest absolute Gasteiger partial charge is 0.159 e. The van der Waals surface area contributed by atoms with Crippen molar-refractivity contribution in [2.75, 3.05) is 13.2 Å². The highest BCUT2D eigenvalue weighted by Gasteiger charge is 2.63. The number of fused-ring (bicyclic) bond motifs is 5. The summed E-state index contributed by atoms with van der Waals surface area (Å²) in [4.78, 5) is 15.0. The molecule has 0 bridgehead atoms. The summed E-state index contributed by atoms with van der Waals surface area (Å²) in [5.74, 6) is 4.01. The molecule has 0 spiro atoms. The third-order valence-electron chi connectivity index (χ3n) is 10.5. The molecule has 4 fully saturated rings. The minimum Gasteiger partial charge on any atom is -0.390 e. The lowest BCUT2D eigenvalue weighted by atomic mass is 9.43. The minimum atomic E-state index is -0.521. The Morgan fingerprint density at radius 1 is 1.16 bits per heavy atom. The van der Waals surface area contributed by atoms with Gasteiger partial charge in [0.25, 0.3) is 0 Å². The summed E-state index contributed by atoms with van der Waals surface area (Å²) >= 11 is 0. The second-order valence-corrected chi connectivity index (χ2v) is 12.2. The van der Waals surface area contributed by atoms with Gasteiger partial charge in [0.1, 0.15) is 12.4 Å². The number of ketones is 1. The van der Waals surface area contributed by atoms with E-state index in [1.807, 2.05) is 13.8 Å². The maximum absolute atomic E-state index is 13.3. The molecular weight excluding hydrogens is 402 g/mol. The Hall–Kier alpha value is -1.14. The highest BCUT2D eigenvalue weighted by molar-refractivity contribution is 5.82. The van der Waals surface area contributed by atoms with Crippen LogP contribution < -0.4 is 0 Å². The molecule has 0 aromatic carbocycles. The lowest BCUT2D eigenvalue weighted by Crippen LogP contribution is -2.58. The molecule has 4 saturated carbocycles. The van der Waals surface area contributed by atoms with Crippen LogP contribution >= 0.6 is 0 Å². The molecule has 4 aliphatic carbocycles. The van der Waals surface area contributed by atoms with Crippen molar-refractivity contribution in [1.82, 2.24) is 15.0 Å². The van der Waals surface area contributed by atoms with Gasteiger partial charge in [-0.05, 0) is 113 Å². The number of carbonyl (C=O) groups excluding carboxylic acids is 1. The van der Waals surface area contributed by atoms with Gasteiger partial charge in [-0.25, -0.2) is 0 Å². The third-order valence-corrected chi connectivity index (χ3v) is 10.5. The van der Waals surface area contributed by atoms with Gasteiger partial charge in [0.05, 0.1) is 12.2 Å². The quantitative estimate of drug-likeness (QED) is 0.675. The van der Waals surface area contributed by atoms with Crippen LogP contribution in [0.3, 0.4) is 0 Å². The van der Waals surface area contributed by atoms with E-state index in [1.54, 1.807) is 4.80 Å². The normalized spacial score (nSPS) is 45.8. The first-order chi connectivity index (χ1) is 15.2. The van der Waals surface area contributed by atoms with Crippen molar-refractivity contribution in [1.29, 1.82) is 0 Å². The average molecular weight is 446 g/mol. The second kappa shape index (κ2) is 7.97. The van der Waals surface area contributed by atoms with Gasteiger partial charge in [-0.15, -0.1) is 5.10 Å². The molecule has 1 aromatic heterocycles. The average Bonchev–Trinajstić information content (AvgIpc) is 3.08. The fraction of sp³-hybridized carbons (Fsp3) is 0.923. The Kier molecular flexibility index (Phi) is 5.64. The maximum atomic E-state index is 13.3. The van der Waals surface area contributed by atoms with Crippen molar-refractivity contribution in [3.63, 3.8) is 0 Å². The summed E-state index contributed by atoms with van der Waals surface area (Å²) < 4.78 is 6.16. The Labute approximate surface area is 192 Å².